The van der Waals surface area contributed by atoms with E-state index in [1.54, 1.807) is 6.20 Å². The summed E-state index contributed by atoms with van der Waals surface area (Å²) in [7, 11) is 0. The van der Waals surface area contributed by atoms with Crippen LogP contribution in [0.1, 0.15) is 35.6 Å². The third-order valence-corrected chi connectivity index (χ3v) is 6.45. The van der Waals surface area contributed by atoms with Crippen LogP contribution >= 0.6 is 0 Å². The quantitative estimate of drug-likeness (QED) is 0.408. The van der Waals surface area contributed by atoms with E-state index in [-0.39, 0.29) is 18.9 Å². The minimum atomic E-state index is -1.26. The van der Waals surface area contributed by atoms with Crippen LogP contribution in [0.5, 0.6) is 0 Å². The number of nitrogens with one attached hydrogen (secondary N) is 3. The molecule has 2 aromatic carbocycles. The average molecular weight is 460 g/mol. The second kappa shape index (κ2) is 8.66. The number of aromatic amines is 1. The summed E-state index contributed by atoms with van der Waals surface area (Å²) in [6.45, 7) is 0.108. The molecule has 0 saturated heterocycles. The Balaban J connectivity index is 1.27. The maximum absolute atomic E-state index is 12.9. The number of aromatic nitrogens is 2. The zero-order valence-electron chi connectivity index (χ0n) is 18.3. The first-order valence-electron chi connectivity index (χ1n) is 11.1. The molecule has 2 aliphatic carbocycles. The molecule has 0 spiro atoms. The van der Waals surface area contributed by atoms with Crippen LogP contribution in [0.2, 0.25) is 0 Å². The van der Waals surface area contributed by atoms with E-state index in [2.05, 4.69) is 32.7 Å². The molecule has 34 heavy (non-hydrogen) atoms. The van der Waals surface area contributed by atoms with Gasteiger partial charge in [0, 0.05) is 24.2 Å². The first-order chi connectivity index (χ1) is 16.5. The molecule has 0 bridgehead atoms. The number of imidazole rings is 1. The SMILES string of the molecule is O=C(N[C@@H](Cc1cnc[nH]1)C(=O)NC1(C(=O)O)CC1)OCC1c2ccccc2-c2ccccc21. The summed E-state index contributed by atoms with van der Waals surface area (Å²) < 4.78 is 5.56. The number of nitrogens with zero attached hydrogens (tertiary/aromatic N) is 1. The number of H-pyrrole nitrogens is 1. The van der Waals surface area contributed by atoms with E-state index < -0.39 is 29.6 Å². The number of hydrogen-bond acceptors (Lipinski definition) is 5. The summed E-state index contributed by atoms with van der Waals surface area (Å²) in [4.78, 5) is 43.9. The van der Waals surface area contributed by atoms with Crippen LogP contribution < -0.4 is 10.6 Å². The van der Waals surface area contributed by atoms with E-state index in [0.29, 0.717) is 18.5 Å². The monoisotopic (exact) mass is 460 g/mol. The molecule has 2 amide bonds. The highest BCUT2D eigenvalue weighted by atomic mass is 16.5. The lowest BCUT2D eigenvalue weighted by Gasteiger charge is -2.21. The molecule has 0 radical (unpaired) electrons. The molecule has 0 aliphatic heterocycles. The Labute approximate surface area is 195 Å². The van der Waals surface area contributed by atoms with Gasteiger partial charge in [-0.3, -0.25) is 4.79 Å². The summed E-state index contributed by atoms with van der Waals surface area (Å²) in [5.74, 6) is -1.77. The Morgan fingerprint density at radius 3 is 2.29 bits per heavy atom. The van der Waals surface area contributed by atoms with Crippen molar-refractivity contribution in [1.82, 2.24) is 20.6 Å². The molecule has 2 aliphatic rings. The van der Waals surface area contributed by atoms with Gasteiger partial charge in [-0.2, -0.15) is 0 Å². The molecule has 1 heterocycles. The predicted molar refractivity (Wildman–Crippen MR) is 122 cm³/mol. The number of hydrogen-bond donors (Lipinski definition) is 4. The van der Waals surface area contributed by atoms with E-state index in [4.69, 9.17) is 4.74 Å². The molecule has 9 heteroatoms. The second-order valence-corrected chi connectivity index (χ2v) is 8.68. The van der Waals surface area contributed by atoms with Crippen LogP contribution in [0.4, 0.5) is 4.79 Å². The molecular weight excluding hydrogens is 436 g/mol. The zero-order valence-corrected chi connectivity index (χ0v) is 18.3. The lowest BCUT2D eigenvalue weighted by molar-refractivity contribution is -0.143. The lowest BCUT2D eigenvalue weighted by Crippen LogP contribution is -2.53. The molecule has 9 nitrogen and oxygen atoms in total. The fraction of sp³-hybridized carbons (Fsp3) is 0.280. The van der Waals surface area contributed by atoms with Crippen LogP contribution in [-0.2, 0) is 20.7 Å². The van der Waals surface area contributed by atoms with E-state index in [0.717, 1.165) is 22.3 Å². The number of ether oxygens (including phenoxy) is 1. The van der Waals surface area contributed by atoms with E-state index >= 15 is 0 Å². The highest BCUT2D eigenvalue weighted by molar-refractivity contribution is 5.93. The van der Waals surface area contributed by atoms with Gasteiger partial charge >= 0.3 is 12.1 Å². The van der Waals surface area contributed by atoms with Gasteiger partial charge in [0.15, 0.2) is 0 Å². The molecule has 1 saturated carbocycles. The number of rotatable bonds is 8. The van der Waals surface area contributed by atoms with Gasteiger partial charge < -0.3 is 25.5 Å². The van der Waals surface area contributed by atoms with Crippen molar-refractivity contribution < 1.29 is 24.2 Å². The van der Waals surface area contributed by atoms with Crippen LogP contribution in [0.15, 0.2) is 61.1 Å². The summed E-state index contributed by atoms with van der Waals surface area (Å²) in [6.07, 6.45) is 3.10. The fourth-order valence-corrected chi connectivity index (χ4v) is 4.45. The Morgan fingerprint density at radius 1 is 1.09 bits per heavy atom. The third-order valence-electron chi connectivity index (χ3n) is 6.45. The van der Waals surface area contributed by atoms with Gasteiger partial charge in [-0.15, -0.1) is 0 Å². The van der Waals surface area contributed by atoms with Crippen LogP contribution in [-0.4, -0.2) is 51.2 Å². The fourth-order valence-electron chi connectivity index (χ4n) is 4.45. The molecule has 4 N–H and O–H groups in total. The molecule has 1 fully saturated rings. The van der Waals surface area contributed by atoms with Crippen molar-refractivity contribution in [3.05, 3.63) is 77.9 Å². The van der Waals surface area contributed by atoms with Crippen LogP contribution in [0.25, 0.3) is 11.1 Å². The number of aliphatic carboxylic acids is 1. The predicted octanol–water partition coefficient (Wildman–Crippen LogP) is 2.59. The van der Waals surface area contributed by atoms with Gasteiger partial charge in [-0.05, 0) is 35.1 Å². The first-order valence-corrected chi connectivity index (χ1v) is 11.1. The minimum absolute atomic E-state index is 0.108. The summed E-state index contributed by atoms with van der Waals surface area (Å²) >= 11 is 0. The van der Waals surface area contributed by atoms with Crippen molar-refractivity contribution in [1.29, 1.82) is 0 Å². The normalized spacial score (nSPS) is 16.1. The Hall–Kier alpha value is -4.14. The Bertz CT molecular complexity index is 1190. The number of carbonyl (C=O) groups excluding carboxylic acids is 2. The first kappa shape index (κ1) is 21.7. The summed E-state index contributed by atoms with van der Waals surface area (Å²) in [5.41, 5.74) is 3.77. The molecule has 1 aromatic heterocycles. The molecular formula is C25H24N4O5. The van der Waals surface area contributed by atoms with Gasteiger partial charge in [0.1, 0.15) is 18.2 Å². The van der Waals surface area contributed by atoms with Gasteiger partial charge in [0.25, 0.3) is 0 Å². The van der Waals surface area contributed by atoms with Crippen LogP contribution in [0, 0.1) is 0 Å². The molecule has 3 aromatic rings. The second-order valence-electron chi connectivity index (χ2n) is 8.68. The number of fused-ring (bicyclic) bond motifs is 3. The number of benzene rings is 2. The average Bonchev–Trinajstić information content (AvgIpc) is 3.31. The van der Waals surface area contributed by atoms with E-state index in [1.807, 2.05) is 36.4 Å². The highest BCUT2D eigenvalue weighted by Crippen LogP contribution is 2.44. The van der Waals surface area contributed by atoms with Gasteiger partial charge in [-0.1, -0.05) is 48.5 Å². The van der Waals surface area contributed by atoms with Crippen molar-refractivity contribution in [3.63, 3.8) is 0 Å². The lowest BCUT2D eigenvalue weighted by atomic mass is 9.98. The number of carbonyl (C=O) groups is 3. The summed E-state index contributed by atoms with van der Waals surface area (Å²) in [5, 5.41) is 14.6. The number of carboxylic acids is 1. The molecule has 5 rings (SSSR count). The Kier molecular flexibility index (Phi) is 5.53. The smallest absolute Gasteiger partial charge is 0.407 e. The highest BCUT2D eigenvalue weighted by Gasteiger charge is 2.52. The molecule has 1 atom stereocenters. The zero-order chi connectivity index (χ0) is 23.7. The van der Waals surface area contributed by atoms with E-state index in [9.17, 15) is 19.5 Å². The standard InChI is InChI=1S/C25H24N4O5/c30-22(29-25(9-10-25)23(31)32)21(11-15-12-26-14-27-15)28-24(33)34-13-20-18-7-3-1-5-16(18)17-6-2-4-8-19(17)20/h1-8,12,14,20-21H,9-11,13H2,(H,26,27)(H,28,33)(H,29,30)(H,31,32)/t21-/m0/s1. The summed E-state index contributed by atoms with van der Waals surface area (Å²) in [6, 6.07) is 15.0. The number of carboxylic acid groups (broad SMARTS) is 1. The van der Waals surface area contributed by atoms with E-state index in [1.165, 1.54) is 6.33 Å². The van der Waals surface area contributed by atoms with Crippen molar-refractivity contribution in [2.24, 2.45) is 0 Å². The number of alkyl carbamates (subject to hydrolysis) is 1. The number of amides is 2. The Morgan fingerprint density at radius 2 is 1.74 bits per heavy atom. The molecule has 0 unspecified atom stereocenters. The topological polar surface area (TPSA) is 133 Å². The minimum Gasteiger partial charge on any atom is -0.480 e. The van der Waals surface area contributed by atoms with Crippen molar-refractivity contribution >= 4 is 18.0 Å². The van der Waals surface area contributed by atoms with Crippen molar-refractivity contribution in [3.8, 4) is 11.1 Å². The van der Waals surface area contributed by atoms with Crippen LogP contribution in [0.3, 0.4) is 0 Å². The maximum atomic E-state index is 12.9. The van der Waals surface area contributed by atoms with Crippen molar-refractivity contribution in [2.75, 3.05) is 6.61 Å². The van der Waals surface area contributed by atoms with Gasteiger partial charge in [0.05, 0.1) is 6.33 Å². The maximum Gasteiger partial charge on any atom is 0.407 e. The third kappa shape index (κ3) is 4.12. The van der Waals surface area contributed by atoms with Crippen molar-refractivity contribution in [2.45, 2.75) is 36.8 Å². The molecule has 174 valence electrons. The largest absolute Gasteiger partial charge is 0.480 e. The van der Waals surface area contributed by atoms with Gasteiger partial charge in [0.2, 0.25) is 5.91 Å². The van der Waals surface area contributed by atoms with Gasteiger partial charge in [-0.25, -0.2) is 14.6 Å².